The molecule has 1 aliphatic rings. The summed E-state index contributed by atoms with van der Waals surface area (Å²) in [4.78, 5) is 31.4. The van der Waals surface area contributed by atoms with E-state index in [1.54, 1.807) is 25.3 Å². The van der Waals surface area contributed by atoms with Crippen molar-refractivity contribution in [3.05, 3.63) is 29.6 Å². The first kappa shape index (κ1) is 24.5. The predicted octanol–water partition coefficient (Wildman–Crippen LogP) is 3.44. The summed E-state index contributed by atoms with van der Waals surface area (Å²) in [6, 6.07) is 3.38. The van der Waals surface area contributed by atoms with E-state index in [1.807, 2.05) is 4.90 Å². The van der Waals surface area contributed by atoms with E-state index in [0.717, 1.165) is 0 Å². The average Bonchev–Trinajstić information content (AvgIpc) is 2.67. The van der Waals surface area contributed by atoms with Crippen LogP contribution >= 0.6 is 0 Å². The number of ether oxygens (including phenoxy) is 2. The molecule has 0 bridgehead atoms. The normalized spacial score (nSPS) is 17.7. The molecule has 1 aromatic rings. The first-order valence-electron chi connectivity index (χ1n) is 10.7. The molecule has 1 amide bonds. The molecule has 168 valence electrons. The number of nitrogens with zero attached hydrogens (tertiary/aromatic N) is 2. The lowest BCUT2D eigenvalue weighted by Crippen LogP contribution is -2.50. The third kappa shape index (κ3) is 6.36. The number of hydrogen-bond acceptors (Lipinski definition) is 6. The van der Waals surface area contributed by atoms with Gasteiger partial charge in [-0.2, -0.15) is 0 Å². The maximum absolute atomic E-state index is 13.3. The van der Waals surface area contributed by atoms with Gasteiger partial charge in [0.05, 0.1) is 43.5 Å². The number of carbonyl (C=O) groups is 2. The fourth-order valence-electron chi connectivity index (χ4n) is 3.11. The van der Waals surface area contributed by atoms with Crippen LogP contribution < -0.4 is 0 Å². The Balaban J connectivity index is 2.09. The van der Waals surface area contributed by atoms with Crippen molar-refractivity contribution in [2.75, 3.05) is 33.0 Å². The molecule has 0 unspecified atom stereocenters. The number of amides is 1. The number of esters is 1. The molecule has 1 aliphatic heterocycles. The van der Waals surface area contributed by atoms with Crippen molar-refractivity contribution in [1.82, 2.24) is 9.88 Å². The van der Waals surface area contributed by atoms with Crippen LogP contribution in [0, 0.1) is 0 Å². The summed E-state index contributed by atoms with van der Waals surface area (Å²) in [5, 5.41) is 0.142. The number of aromatic nitrogens is 1. The van der Waals surface area contributed by atoms with Crippen LogP contribution in [0.3, 0.4) is 0 Å². The zero-order chi connectivity index (χ0) is 22.4. The molecule has 30 heavy (non-hydrogen) atoms. The number of carbonyl (C=O) groups excluding carboxylic acids is 2. The third-order valence-electron chi connectivity index (χ3n) is 5.95. The Kier molecular flexibility index (Phi) is 8.58. The van der Waals surface area contributed by atoms with Crippen molar-refractivity contribution in [3.8, 4) is 0 Å². The van der Waals surface area contributed by atoms with Crippen LogP contribution in [0.25, 0.3) is 0 Å². The van der Waals surface area contributed by atoms with Gasteiger partial charge in [-0.3, -0.25) is 14.6 Å². The summed E-state index contributed by atoms with van der Waals surface area (Å²) < 4.78 is 17.0. The highest BCUT2D eigenvalue weighted by Gasteiger charge is 2.37. The van der Waals surface area contributed by atoms with Crippen molar-refractivity contribution in [2.45, 2.75) is 64.7 Å². The average molecular weight is 437 g/mol. The number of hydrogen-bond donors (Lipinski definition) is 0. The van der Waals surface area contributed by atoms with Gasteiger partial charge >= 0.3 is 5.97 Å². The van der Waals surface area contributed by atoms with Crippen molar-refractivity contribution >= 4 is 20.2 Å². The minimum absolute atomic E-state index is 0.0146. The van der Waals surface area contributed by atoms with Gasteiger partial charge in [0, 0.05) is 19.3 Å². The van der Waals surface area contributed by atoms with Crippen molar-refractivity contribution in [1.29, 1.82) is 0 Å². The lowest BCUT2D eigenvalue weighted by atomic mass is 10.1. The summed E-state index contributed by atoms with van der Waals surface area (Å²) in [5.41, 5.74) is 0.895. The molecule has 1 atom stereocenters. The number of morpholine rings is 1. The van der Waals surface area contributed by atoms with Gasteiger partial charge in [0.2, 0.25) is 0 Å². The highest BCUT2D eigenvalue weighted by molar-refractivity contribution is 6.74. The van der Waals surface area contributed by atoms with Crippen LogP contribution in [0.4, 0.5) is 0 Å². The Labute approximate surface area is 181 Å². The Bertz CT molecular complexity index is 732. The lowest BCUT2D eigenvalue weighted by Gasteiger charge is -2.39. The van der Waals surface area contributed by atoms with Gasteiger partial charge in [0.1, 0.15) is 0 Å². The van der Waals surface area contributed by atoms with E-state index in [9.17, 15) is 9.59 Å². The second kappa shape index (κ2) is 10.5. The quantitative estimate of drug-likeness (QED) is 0.459. The van der Waals surface area contributed by atoms with E-state index < -0.39 is 8.32 Å². The third-order valence-corrected chi connectivity index (χ3v) is 10.5. The zero-order valence-electron chi connectivity index (χ0n) is 19.2. The van der Waals surface area contributed by atoms with Crippen LogP contribution in [0.5, 0.6) is 0 Å². The minimum atomic E-state index is -1.84. The Morgan fingerprint density at radius 3 is 2.73 bits per heavy atom. The maximum atomic E-state index is 13.3. The molecule has 0 N–H and O–H groups in total. The number of rotatable bonds is 8. The molecule has 2 heterocycles. The first-order chi connectivity index (χ1) is 14.1. The second-order valence-electron chi connectivity index (χ2n) is 9.10. The van der Waals surface area contributed by atoms with Gasteiger partial charge in [-0.15, -0.1) is 0 Å². The fourth-order valence-corrected chi connectivity index (χ4v) is 4.17. The molecule has 2 rings (SSSR count). The second-order valence-corrected chi connectivity index (χ2v) is 13.9. The Morgan fingerprint density at radius 2 is 2.07 bits per heavy atom. The van der Waals surface area contributed by atoms with Crippen molar-refractivity contribution in [3.63, 3.8) is 0 Å². The van der Waals surface area contributed by atoms with E-state index in [0.29, 0.717) is 50.7 Å². The van der Waals surface area contributed by atoms with Crippen molar-refractivity contribution in [2.24, 2.45) is 0 Å². The smallest absolute Gasteiger partial charge is 0.311 e. The maximum Gasteiger partial charge on any atom is 0.311 e. The standard InChI is InChI=1S/C22H36N2O5Si/c1-7-28-20(25)15-19-18(9-8-11-23-19)21(26)24-12-14-27-16-17(24)10-13-29-30(5,6)22(2,3)4/h8-9,11,17H,7,10,12-16H2,1-6H3/t17-/m1/s1. The highest BCUT2D eigenvalue weighted by Crippen LogP contribution is 2.36. The van der Waals surface area contributed by atoms with Gasteiger partial charge in [-0.1, -0.05) is 20.8 Å². The largest absolute Gasteiger partial charge is 0.466 e. The molecule has 0 aromatic carbocycles. The van der Waals surface area contributed by atoms with E-state index in [2.05, 4.69) is 38.8 Å². The SMILES string of the molecule is CCOC(=O)Cc1ncccc1C(=O)N1CCOC[C@H]1CCO[Si](C)(C)C(C)(C)C. The van der Waals surface area contributed by atoms with Gasteiger partial charge < -0.3 is 18.8 Å². The molecule has 7 nitrogen and oxygen atoms in total. The number of pyridine rings is 1. The molecule has 0 saturated carbocycles. The fraction of sp³-hybridized carbons (Fsp3) is 0.682. The lowest BCUT2D eigenvalue weighted by molar-refractivity contribution is -0.142. The summed E-state index contributed by atoms with van der Waals surface area (Å²) in [7, 11) is -1.84. The molecule has 1 fully saturated rings. The van der Waals surface area contributed by atoms with E-state index in [-0.39, 0.29) is 29.4 Å². The summed E-state index contributed by atoms with van der Waals surface area (Å²) >= 11 is 0. The summed E-state index contributed by atoms with van der Waals surface area (Å²) in [6.07, 6.45) is 2.29. The summed E-state index contributed by atoms with van der Waals surface area (Å²) in [6.45, 7) is 15.2. The van der Waals surface area contributed by atoms with Crippen LogP contribution in [0.2, 0.25) is 18.1 Å². The molecule has 1 aromatic heterocycles. The van der Waals surface area contributed by atoms with Crippen LogP contribution in [0.15, 0.2) is 18.3 Å². The molecular weight excluding hydrogens is 400 g/mol. The van der Waals surface area contributed by atoms with E-state index in [4.69, 9.17) is 13.9 Å². The topological polar surface area (TPSA) is 78.0 Å². The molecule has 8 heteroatoms. The highest BCUT2D eigenvalue weighted by atomic mass is 28.4. The van der Waals surface area contributed by atoms with Crippen molar-refractivity contribution < 1.29 is 23.5 Å². The van der Waals surface area contributed by atoms with E-state index in [1.165, 1.54) is 0 Å². The van der Waals surface area contributed by atoms with Crippen LogP contribution in [-0.4, -0.2) is 69.1 Å². The van der Waals surface area contributed by atoms with Gasteiger partial charge in [-0.25, -0.2) is 0 Å². The first-order valence-corrected chi connectivity index (χ1v) is 13.6. The predicted molar refractivity (Wildman–Crippen MR) is 118 cm³/mol. The Hall–Kier alpha value is -1.77. The van der Waals surface area contributed by atoms with Gasteiger partial charge in [0.25, 0.3) is 5.91 Å². The van der Waals surface area contributed by atoms with E-state index >= 15 is 0 Å². The summed E-state index contributed by atoms with van der Waals surface area (Å²) in [5.74, 6) is -0.505. The molecule has 0 radical (unpaired) electrons. The Morgan fingerprint density at radius 1 is 1.33 bits per heavy atom. The van der Waals surface area contributed by atoms with Crippen LogP contribution in [-0.2, 0) is 25.1 Å². The molecule has 0 spiro atoms. The zero-order valence-corrected chi connectivity index (χ0v) is 20.2. The monoisotopic (exact) mass is 436 g/mol. The minimum Gasteiger partial charge on any atom is -0.466 e. The van der Waals surface area contributed by atoms with Crippen LogP contribution in [0.1, 0.15) is 50.2 Å². The van der Waals surface area contributed by atoms with Gasteiger partial charge in [-0.05, 0) is 43.6 Å². The molecule has 1 saturated heterocycles. The van der Waals surface area contributed by atoms with Gasteiger partial charge in [0.15, 0.2) is 8.32 Å². The molecular formula is C22H36N2O5Si. The molecule has 0 aliphatic carbocycles.